The molecule has 1 aliphatic carbocycles. The Hall–Kier alpha value is -2.87. The highest BCUT2D eigenvalue weighted by atomic mass is 32.1. The number of aryl methyl sites for hydroxylation is 1. The highest BCUT2D eigenvalue weighted by molar-refractivity contribution is 7.81. The number of nitriles is 1. The predicted molar refractivity (Wildman–Crippen MR) is 139 cm³/mol. The summed E-state index contributed by atoms with van der Waals surface area (Å²) in [5, 5.41) is 9.21. The summed E-state index contributed by atoms with van der Waals surface area (Å²) < 4.78 is 20.9. The summed E-state index contributed by atoms with van der Waals surface area (Å²) >= 11 is 4.81. The Kier molecular flexibility index (Phi) is 6.81. The number of ether oxygens (including phenoxy) is 1. The number of likely N-dealkylation sites (N-methyl/N-ethyl adjacent to an activating group) is 1. The lowest BCUT2D eigenvalue weighted by Gasteiger charge is -2.44. The zero-order valence-corrected chi connectivity index (χ0v) is 21.5. The van der Waals surface area contributed by atoms with E-state index < -0.39 is 16.9 Å². The number of thiol groups is 1. The van der Waals surface area contributed by atoms with Crippen molar-refractivity contribution in [3.63, 3.8) is 0 Å². The smallest absolute Gasteiger partial charge is 0.255 e. The van der Waals surface area contributed by atoms with Gasteiger partial charge >= 0.3 is 0 Å². The van der Waals surface area contributed by atoms with E-state index in [1.54, 1.807) is 30.0 Å². The first-order valence-electron chi connectivity index (χ1n) is 12.3. The van der Waals surface area contributed by atoms with Gasteiger partial charge < -0.3 is 14.5 Å². The molecule has 2 aromatic rings. The first-order chi connectivity index (χ1) is 17.3. The Morgan fingerprint density at radius 2 is 1.97 bits per heavy atom. The van der Waals surface area contributed by atoms with Gasteiger partial charge in [-0.2, -0.15) is 5.26 Å². The number of benzene rings is 1. The number of hydrogen-bond donors (Lipinski definition) is 1. The Balaban J connectivity index is 1.34. The number of rotatable bonds is 6. The quantitative estimate of drug-likeness (QED) is 0.599. The van der Waals surface area contributed by atoms with Gasteiger partial charge in [0, 0.05) is 44.5 Å². The van der Waals surface area contributed by atoms with E-state index in [2.05, 4.69) is 27.9 Å². The van der Waals surface area contributed by atoms with E-state index in [0.717, 1.165) is 39.1 Å². The van der Waals surface area contributed by atoms with Crippen molar-refractivity contribution in [2.45, 2.75) is 37.2 Å². The maximum atomic E-state index is 15.1. The molecule has 0 bridgehead atoms. The Morgan fingerprint density at radius 3 is 2.58 bits per heavy atom. The molecule has 10 heteroatoms. The van der Waals surface area contributed by atoms with Gasteiger partial charge in [0.15, 0.2) is 17.1 Å². The van der Waals surface area contributed by atoms with Crippen molar-refractivity contribution in [2.75, 3.05) is 56.2 Å². The van der Waals surface area contributed by atoms with Gasteiger partial charge in [0.1, 0.15) is 23.9 Å². The zero-order valence-electron chi connectivity index (χ0n) is 20.7. The van der Waals surface area contributed by atoms with Gasteiger partial charge in [-0.3, -0.25) is 14.6 Å². The van der Waals surface area contributed by atoms with Crippen LogP contribution in [0, 0.1) is 24.1 Å². The Bertz CT molecular complexity index is 1190. The minimum Gasteiger partial charge on any atom is -0.489 e. The first-order valence-corrected chi connectivity index (χ1v) is 12.9. The van der Waals surface area contributed by atoms with Crippen molar-refractivity contribution < 1.29 is 13.9 Å². The van der Waals surface area contributed by atoms with Crippen molar-refractivity contribution in [3.05, 3.63) is 47.5 Å². The maximum absolute atomic E-state index is 15.1. The fraction of sp³-hybridized carbons (Fsp3) is 0.500. The Labute approximate surface area is 216 Å². The minimum absolute atomic E-state index is 0.0763. The molecule has 1 amide bonds. The number of carbonyl (C=O) groups is 1. The second kappa shape index (κ2) is 9.88. The molecule has 0 radical (unpaired) electrons. The molecule has 1 aromatic carbocycles. The van der Waals surface area contributed by atoms with E-state index >= 15 is 4.39 Å². The molecule has 3 fully saturated rings. The number of piperazine rings is 1. The molecule has 2 saturated heterocycles. The number of pyridine rings is 1. The van der Waals surface area contributed by atoms with Crippen LogP contribution < -0.4 is 14.5 Å². The average molecular weight is 511 g/mol. The number of anilines is 2. The van der Waals surface area contributed by atoms with E-state index in [1.165, 1.54) is 12.3 Å². The van der Waals surface area contributed by atoms with Crippen molar-refractivity contribution in [1.29, 1.82) is 5.26 Å². The highest BCUT2D eigenvalue weighted by Gasteiger charge is 2.60. The van der Waals surface area contributed by atoms with Crippen LogP contribution in [-0.2, 0) is 4.79 Å². The van der Waals surface area contributed by atoms with Crippen molar-refractivity contribution in [3.8, 4) is 11.8 Å². The number of nitrogens with zero attached hydrogens (tertiary/aromatic N) is 6. The molecule has 1 unspecified atom stereocenters. The van der Waals surface area contributed by atoms with Gasteiger partial charge in [-0.15, -0.1) is 12.6 Å². The minimum atomic E-state index is -0.759. The second-order valence-electron chi connectivity index (χ2n) is 9.86. The highest BCUT2D eigenvalue weighted by Crippen LogP contribution is 2.50. The van der Waals surface area contributed by atoms with E-state index in [9.17, 15) is 10.1 Å². The summed E-state index contributed by atoms with van der Waals surface area (Å²) in [5.41, 5.74) is 0.790. The summed E-state index contributed by atoms with van der Waals surface area (Å²) in [4.78, 5) is 26.0. The SMILES string of the molecule is Cc1cc(N2C(=O)C3(CCC3)N(c3ccc(OCCN4CCN(C)CC4)c(F)c3)C2S)cnc1C#N. The van der Waals surface area contributed by atoms with E-state index in [4.69, 9.17) is 17.4 Å². The maximum Gasteiger partial charge on any atom is 0.255 e. The zero-order chi connectivity index (χ0) is 25.4. The molecular formula is C26H31FN6O2S. The van der Waals surface area contributed by atoms with Crippen LogP contribution in [0.4, 0.5) is 15.8 Å². The van der Waals surface area contributed by atoms with E-state index in [0.29, 0.717) is 42.1 Å². The standard InChI is InChI=1S/C26H31FN6O2S/c1-18-14-20(17-29-22(18)16-28)32-24(34)26(6-3-7-26)33(25(32)36)19-4-5-23(21(27)15-19)35-13-12-31-10-8-30(2)9-11-31/h4-5,14-15,17,25,36H,3,6-13H2,1-2H3. The van der Waals surface area contributed by atoms with Crippen molar-refractivity contribution in [2.24, 2.45) is 0 Å². The third-order valence-electron chi connectivity index (χ3n) is 7.62. The summed E-state index contributed by atoms with van der Waals surface area (Å²) in [6.45, 7) is 6.99. The van der Waals surface area contributed by atoms with Gasteiger partial charge in [0.2, 0.25) is 0 Å². The fourth-order valence-corrected chi connectivity index (χ4v) is 5.88. The van der Waals surface area contributed by atoms with Crippen LogP contribution in [0.3, 0.4) is 0 Å². The molecule has 8 nitrogen and oxygen atoms in total. The van der Waals surface area contributed by atoms with Gasteiger partial charge in [0.25, 0.3) is 5.91 Å². The molecule has 2 aliphatic heterocycles. The van der Waals surface area contributed by atoms with Crippen LogP contribution in [0.25, 0.3) is 0 Å². The van der Waals surface area contributed by atoms with Gasteiger partial charge in [-0.1, -0.05) is 0 Å². The fourth-order valence-electron chi connectivity index (χ4n) is 5.29. The molecule has 3 aliphatic rings. The number of hydrogen-bond acceptors (Lipinski definition) is 8. The third kappa shape index (κ3) is 4.29. The monoisotopic (exact) mass is 510 g/mol. The van der Waals surface area contributed by atoms with Crippen LogP contribution in [0.5, 0.6) is 5.75 Å². The third-order valence-corrected chi connectivity index (χ3v) is 8.09. The lowest BCUT2D eigenvalue weighted by molar-refractivity contribution is -0.124. The van der Waals surface area contributed by atoms with Crippen LogP contribution in [0.2, 0.25) is 0 Å². The molecule has 1 aromatic heterocycles. The molecule has 190 valence electrons. The molecule has 1 saturated carbocycles. The van der Waals surface area contributed by atoms with Gasteiger partial charge in [-0.05, 0) is 57.0 Å². The predicted octanol–water partition coefficient (Wildman–Crippen LogP) is 3.02. The van der Waals surface area contributed by atoms with Crippen LogP contribution in [-0.4, -0.2) is 78.1 Å². The van der Waals surface area contributed by atoms with Gasteiger partial charge in [0.05, 0.1) is 11.9 Å². The molecule has 1 atom stereocenters. The topological polar surface area (TPSA) is 75.9 Å². The molecular weight excluding hydrogens is 479 g/mol. The largest absolute Gasteiger partial charge is 0.489 e. The molecule has 3 heterocycles. The molecule has 36 heavy (non-hydrogen) atoms. The Morgan fingerprint density at radius 1 is 1.22 bits per heavy atom. The molecule has 0 N–H and O–H groups in total. The number of carbonyl (C=O) groups excluding carboxylic acids is 1. The molecule has 1 spiro atoms. The lowest BCUT2D eigenvalue weighted by Crippen LogP contribution is -2.55. The van der Waals surface area contributed by atoms with E-state index in [-0.39, 0.29) is 11.7 Å². The van der Waals surface area contributed by atoms with Crippen LogP contribution in [0.15, 0.2) is 30.5 Å². The summed E-state index contributed by atoms with van der Waals surface area (Å²) in [6, 6.07) is 8.71. The van der Waals surface area contributed by atoms with Gasteiger partial charge in [-0.25, -0.2) is 9.37 Å². The lowest BCUT2D eigenvalue weighted by atomic mass is 9.75. The summed E-state index contributed by atoms with van der Waals surface area (Å²) in [5.74, 6) is -0.323. The number of halogens is 1. The number of aromatic nitrogens is 1. The van der Waals surface area contributed by atoms with Crippen LogP contribution >= 0.6 is 12.6 Å². The second-order valence-corrected chi connectivity index (χ2v) is 10.3. The average Bonchev–Trinajstić information content (AvgIpc) is 3.08. The van der Waals surface area contributed by atoms with Crippen molar-refractivity contribution in [1.82, 2.24) is 14.8 Å². The summed E-state index contributed by atoms with van der Waals surface area (Å²) in [6.07, 6.45) is 3.79. The van der Waals surface area contributed by atoms with Crippen LogP contribution in [0.1, 0.15) is 30.5 Å². The summed E-state index contributed by atoms with van der Waals surface area (Å²) in [7, 11) is 2.11. The first kappa shape index (κ1) is 24.8. The van der Waals surface area contributed by atoms with Crippen molar-refractivity contribution >= 4 is 29.9 Å². The normalized spacial score (nSPS) is 22.1. The molecule has 5 rings (SSSR count). The van der Waals surface area contributed by atoms with E-state index in [1.807, 2.05) is 4.90 Å². The number of amides is 1.